The van der Waals surface area contributed by atoms with Gasteiger partial charge in [0.1, 0.15) is 4.90 Å². The van der Waals surface area contributed by atoms with E-state index in [-0.39, 0.29) is 18.0 Å². The summed E-state index contributed by atoms with van der Waals surface area (Å²) in [5.41, 5.74) is 2.42. The largest absolute Gasteiger partial charge is 0.395 e. The van der Waals surface area contributed by atoms with Crippen molar-refractivity contribution in [1.29, 1.82) is 0 Å². The van der Waals surface area contributed by atoms with Crippen LogP contribution in [0.1, 0.15) is 11.1 Å². The second kappa shape index (κ2) is 5.55. The van der Waals surface area contributed by atoms with E-state index in [9.17, 15) is 13.5 Å². The van der Waals surface area contributed by atoms with E-state index in [0.29, 0.717) is 11.4 Å². The van der Waals surface area contributed by atoms with Crippen LogP contribution in [0.25, 0.3) is 0 Å². The summed E-state index contributed by atoms with van der Waals surface area (Å²) in [4.78, 5) is 1.94. The van der Waals surface area contributed by atoms with Gasteiger partial charge in [0.2, 0.25) is 0 Å². The highest BCUT2D eigenvalue weighted by Gasteiger charge is 2.31. The molecule has 0 spiro atoms. The lowest BCUT2D eigenvalue weighted by molar-refractivity contribution is 0.306. The summed E-state index contributed by atoms with van der Waals surface area (Å²) in [7, 11) is -3.67. The smallest absolute Gasteiger partial charge is 0.285 e. The van der Waals surface area contributed by atoms with Crippen molar-refractivity contribution in [1.82, 2.24) is 0 Å². The van der Waals surface area contributed by atoms with Crippen molar-refractivity contribution in [2.24, 2.45) is 4.40 Å². The van der Waals surface area contributed by atoms with Crippen molar-refractivity contribution in [2.45, 2.75) is 11.8 Å². The lowest BCUT2D eigenvalue weighted by Crippen LogP contribution is -2.33. The van der Waals surface area contributed by atoms with Crippen LogP contribution in [0, 0.1) is 6.92 Å². The Hall–Kier alpha value is -2.18. The molecule has 2 aromatic rings. The molecule has 0 aliphatic carbocycles. The van der Waals surface area contributed by atoms with Gasteiger partial charge < -0.3 is 10.0 Å². The van der Waals surface area contributed by atoms with Crippen molar-refractivity contribution in [3.63, 3.8) is 0 Å². The molecule has 0 fully saturated rings. The van der Waals surface area contributed by atoms with Crippen molar-refractivity contribution in [3.05, 3.63) is 59.7 Å². The van der Waals surface area contributed by atoms with Gasteiger partial charge in [-0.2, -0.15) is 8.42 Å². The van der Waals surface area contributed by atoms with E-state index in [1.54, 1.807) is 29.2 Å². The van der Waals surface area contributed by atoms with Crippen LogP contribution in [-0.4, -0.2) is 32.5 Å². The number of benzene rings is 2. The summed E-state index contributed by atoms with van der Waals surface area (Å²) in [5.74, 6) is 0.357. The van der Waals surface area contributed by atoms with E-state index in [2.05, 4.69) is 4.40 Å². The van der Waals surface area contributed by atoms with E-state index in [0.717, 1.165) is 11.3 Å². The molecule has 0 saturated heterocycles. The van der Waals surface area contributed by atoms with E-state index in [1.165, 1.54) is 0 Å². The molecule has 22 heavy (non-hydrogen) atoms. The zero-order chi connectivity index (χ0) is 15.7. The van der Waals surface area contributed by atoms with Gasteiger partial charge in [0.15, 0.2) is 5.84 Å². The molecule has 0 atom stereocenters. The van der Waals surface area contributed by atoms with Gasteiger partial charge in [-0.15, -0.1) is 4.40 Å². The van der Waals surface area contributed by atoms with Gasteiger partial charge >= 0.3 is 0 Å². The number of hydrogen-bond acceptors (Lipinski definition) is 4. The van der Waals surface area contributed by atoms with Crippen molar-refractivity contribution >= 4 is 21.5 Å². The minimum atomic E-state index is -3.67. The number of rotatable bonds is 3. The molecule has 5 nitrogen and oxygen atoms in total. The molecule has 1 aliphatic heterocycles. The van der Waals surface area contributed by atoms with E-state index in [1.807, 2.05) is 31.2 Å². The Labute approximate surface area is 129 Å². The maximum absolute atomic E-state index is 12.2. The molecule has 3 rings (SSSR count). The third kappa shape index (κ3) is 2.51. The molecule has 0 bridgehead atoms. The molecule has 114 valence electrons. The number of fused-ring (bicyclic) bond motifs is 1. The Morgan fingerprint density at radius 3 is 2.64 bits per heavy atom. The molecule has 0 aromatic heterocycles. The maximum Gasteiger partial charge on any atom is 0.285 e. The van der Waals surface area contributed by atoms with Crippen molar-refractivity contribution in [3.8, 4) is 0 Å². The second-order valence-electron chi connectivity index (χ2n) is 5.10. The summed E-state index contributed by atoms with van der Waals surface area (Å²) < 4.78 is 28.3. The van der Waals surface area contributed by atoms with Gasteiger partial charge in [0.05, 0.1) is 6.61 Å². The molecular formula is C16H16N2O3S. The van der Waals surface area contributed by atoms with Gasteiger partial charge in [-0.05, 0) is 36.8 Å². The van der Waals surface area contributed by atoms with E-state index >= 15 is 0 Å². The number of amidine groups is 1. The molecule has 6 heteroatoms. The SMILES string of the molecule is Cc1cccc(N(CCO)C2=NS(=O)(=O)c3ccccc32)c1. The zero-order valence-electron chi connectivity index (χ0n) is 12.1. The van der Waals surface area contributed by atoms with Crippen LogP contribution < -0.4 is 4.90 Å². The summed E-state index contributed by atoms with van der Waals surface area (Å²) >= 11 is 0. The first-order chi connectivity index (χ1) is 10.5. The Morgan fingerprint density at radius 2 is 1.91 bits per heavy atom. The molecule has 0 unspecified atom stereocenters. The van der Waals surface area contributed by atoms with Crippen molar-refractivity contribution in [2.75, 3.05) is 18.1 Å². The van der Waals surface area contributed by atoms with Crippen LogP contribution in [-0.2, 0) is 10.0 Å². The number of aliphatic hydroxyl groups is 1. The highest BCUT2D eigenvalue weighted by Crippen LogP contribution is 2.29. The monoisotopic (exact) mass is 316 g/mol. The fourth-order valence-electron chi connectivity index (χ4n) is 2.54. The van der Waals surface area contributed by atoms with Crippen LogP contribution in [0.2, 0.25) is 0 Å². The average Bonchev–Trinajstić information content (AvgIpc) is 2.77. The molecule has 0 saturated carbocycles. The van der Waals surface area contributed by atoms with E-state index in [4.69, 9.17) is 0 Å². The molecule has 0 amide bonds. The van der Waals surface area contributed by atoms with Crippen LogP contribution >= 0.6 is 0 Å². The molecule has 0 radical (unpaired) electrons. The highest BCUT2D eigenvalue weighted by molar-refractivity contribution is 7.90. The number of hydrogen-bond donors (Lipinski definition) is 1. The molecule has 1 aliphatic rings. The number of anilines is 1. The molecule has 2 aromatic carbocycles. The lowest BCUT2D eigenvalue weighted by Gasteiger charge is -2.24. The summed E-state index contributed by atoms with van der Waals surface area (Å²) in [6.07, 6.45) is 0. The highest BCUT2D eigenvalue weighted by atomic mass is 32.2. The van der Waals surface area contributed by atoms with Gasteiger partial charge in [-0.3, -0.25) is 0 Å². The minimum Gasteiger partial charge on any atom is -0.395 e. The third-order valence-electron chi connectivity index (χ3n) is 3.51. The Kier molecular flexibility index (Phi) is 3.72. The summed E-state index contributed by atoms with van der Waals surface area (Å²) in [5, 5.41) is 9.36. The third-order valence-corrected chi connectivity index (χ3v) is 4.83. The van der Waals surface area contributed by atoms with Crippen LogP contribution in [0.5, 0.6) is 0 Å². The first-order valence-corrected chi connectivity index (χ1v) is 8.36. The Morgan fingerprint density at radius 1 is 1.14 bits per heavy atom. The molecule has 1 N–H and O–H groups in total. The topological polar surface area (TPSA) is 70.0 Å². The van der Waals surface area contributed by atoms with E-state index < -0.39 is 10.0 Å². The Bertz CT molecular complexity index is 844. The molecule has 1 heterocycles. The predicted octanol–water partition coefficient (Wildman–Crippen LogP) is 1.94. The normalized spacial score (nSPS) is 15.3. The average molecular weight is 316 g/mol. The number of aryl methyl sites for hydroxylation is 1. The molecular weight excluding hydrogens is 300 g/mol. The second-order valence-corrected chi connectivity index (χ2v) is 6.67. The van der Waals surface area contributed by atoms with Crippen LogP contribution in [0.4, 0.5) is 5.69 Å². The van der Waals surface area contributed by atoms with Gasteiger partial charge in [0, 0.05) is 17.8 Å². The summed E-state index contributed by atoms with van der Waals surface area (Å²) in [6.45, 7) is 2.13. The van der Waals surface area contributed by atoms with Gasteiger partial charge in [0.25, 0.3) is 10.0 Å². The Balaban J connectivity index is 2.15. The number of aliphatic hydroxyl groups excluding tert-OH is 1. The quantitative estimate of drug-likeness (QED) is 0.939. The standard InChI is InChI=1S/C16H16N2O3S/c1-12-5-4-6-13(11-12)18(9-10-19)16-14-7-2-3-8-15(14)22(20,21)17-16/h2-8,11,19H,9-10H2,1H3. The number of nitrogens with zero attached hydrogens (tertiary/aromatic N) is 2. The van der Waals surface area contributed by atoms with Gasteiger partial charge in [-0.1, -0.05) is 24.3 Å². The van der Waals surface area contributed by atoms with Crippen LogP contribution in [0.15, 0.2) is 57.8 Å². The minimum absolute atomic E-state index is 0.102. The predicted molar refractivity (Wildman–Crippen MR) is 85.8 cm³/mol. The first kappa shape index (κ1) is 14.7. The lowest BCUT2D eigenvalue weighted by atomic mass is 10.1. The summed E-state index contributed by atoms with van der Waals surface area (Å²) in [6, 6.07) is 14.4. The fraction of sp³-hybridized carbons (Fsp3) is 0.188. The zero-order valence-corrected chi connectivity index (χ0v) is 12.9. The fourth-order valence-corrected chi connectivity index (χ4v) is 3.75. The van der Waals surface area contributed by atoms with Crippen molar-refractivity contribution < 1.29 is 13.5 Å². The first-order valence-electron chi connectivity index (χ1n) is 6.92. The number of sulfonamides is 1. The van der Waals surface area contributed by atoms with Gasteiger partial charge in [-0.25, -0.2) is 0 Å². The van der Waals surface area contributed by atoms with Crippen LogP contribution in [0.3, 0.4) is 0 Å². The maximum atomic E-state index is 12.2.